The van der Waals surface area contributed by atoms with E-state index in [1.807, 2.05) is 0 Å². The molecule has 0 radical (unpaired) electrons. The van der Waals surface area contributed by atoms with E-state index in [9.17, 15) is 9.18 Å². The van der Waals surface area contributed by atoms with Crippen molar-refractivity contribution in [2.45, 2.75) is 32.6 Å². The Bertz CT molecular complexity index is 585. The first-order valence-corrected chi connectivity index (χ1v) is 7.35. The molecule has 0 aliphatic heterocycles. The predicted molar refractivity (Wildman–Crippen MR) is 77.3 cm³/mol. The lowest BCUT2D eigenvalue weighted by Gasteiger charge is -2.01. The second kappa shape index (κ2) is 7.09. The van der Waals surface area contributed by atoms with Gasteiger partial charge in [0.05, 0.1) is 6.42 Å². The first kappa shape index (κ1) is 14.6. The van der Waals surface area contributed by atoms with E-state index in [2.05, 4.69) is 22.4 Å². The van der Waals surface area contributed by atoms with E-state index in [-0.39, 0.29) is 18.1 Å². The second-order valence-corrected chi connectivity index (χ2v) is 5.52. The number of rotatable bonds is 6. The van der Waals surface area contributed by atoms with Gasteiger partial charge < -0.3 is 5.32 Å². The van der Waals surface area contributed by atoms with Gasteiger partial charge in [0.15, 0.2) is 0 Å². The van der Waals surface area contributed by atoms with Crippen LogP contribution < -0.4 is 5.32 Å². The summed E-state index contributed by atoms with van der Waals surface area (Å²) in [4.78, 5) is 11.8. The molecule has 0 atom stereocenters. The quantitative estimate of drug-likeness (QED) is 0.890. The molecule has 0 fully saturated rings. The highest BCUT2D eigenvalue weighted by molar-refractivity contribution is 7.15. The molecule has 4 nitrogen and oxygen atoms in total. The average molecular weight is 293 g/mol. The highest BCUT2D eigenvalue weighted by atomic mass is 32.1. The van der Waals surface area contributed by atoms with Crippen LogP contribution in [0.25, 0.3) is 0 Å². The average Bonchev–Trinajstić information content (AvgIpc) is 2.83. The Kier molecular flexibility index (Phi) is 5.17. The third-order valence-corrected chi connectivity index (χ3v) is 3.61. The van der Waals surface area contributed by atoms with Gasteiger partial charge >= 0.3 is 0 Å². The molecule has 2 aromatic rings. The summed E-state index contributed by atoms with van der Waals surface area (Å²) >= 11 is 1.39. The highest BCUT2D eigenvalue weighted by Gasteiger charge is 2.09. The summed E-state index contributed by atoms with van der Waals surface area (Å²) in [5.74, 6) is -0.554. The van der Waals surface area contributed by atoms with E-state index in [0.717, 1.165) is 24.3 Å². The van der Waals surface area contributed by atoms with Crippen molar-refractivity contribution in [1.82, 2.24) is 10.2 Å². The van der Waals surface area contributed by atoms with E-state index in [0.29, 0.717) is 10.7 Å². The topological polar surface area (TPSA) is 54.9 Å². The molecule has 20 heavy (non-hydrogen) atoms. The molecular formula is C14H16FN3OS. The molecule has 6 heteroatoms. The molecule has 0 unspecified atom stereocenters. The van der Waals surface area contributed by atoms with Crippen molar-refractivity contribution < 1.29 is 9.18 Å². The maximum Gasteiger partial charge on any atom is 0.230 e. The standard InChI is InChI=1S/C14H16FN3OS/c1-2-3-7-13-17-18-14(20-13)16-12(19)9-10-5-4-6-11(15)8-10/h4-6,8H,2-3,7,9H2,1H3,(H,16,18,19). The molecule has 0 bridgehead atoms. The van der Waals surface area contributed by atoms with Crippen LogP contribution in [0.5, 0.6) is 0 Å². The number of nitrogens with zero attached hydrogens (tertiary/aromatic N) is 2. The fourth-order valence-electron chi connectivity index (χ4n) is 1.73. The number of aryl methyl sites for hydroxylation is 1. The van der Waals surface area contributed by atoms with E-state index >= 15 is 0 Å². The van der Waals surface area contributed by atoms with Gasteiger partial charge in [-0.15, -0.1) is 10.2 Å². The van der Waals surface area contributed by atoms with E-state index in [4.69, 9.17) is 0 Å². The molecule has 1 heterocycles. The van der Waals surface area contributed by atoms with Crippen molar-refractivity contribution in [3.8, 4) is 0 Å². The number of hydrogen-bond acceptors (Lipinski definition) is 4. The van der Waals surface area contributed by atoms with Gasteiger partial charge in [0.1, 0.15) is 10.8 Å². The lowest BCUT2D eigenvalue weighted by Crippen LogP contribution is -2.14. The van der Waals surface area contributed by atoms with Gasteiger partial charge in [-0.2, -0.15) is 0 Å². The number of anilines is 1. The molecule has 1 aromatic carbocycles. The van der Waals surface area contributed by atoms with Gasteiger partial charge in [-0.05, 0) is 24.1 Å². The summed E-state index contributed by atoms with van der Waals surface area (Å²) in [6.07, 6.45) is 3.17. The predicted octanol–water partition coefficient (Wildman–Crippen LogP) is 3.20. The van der Waals surface area contributed by atoms with Gasteiger partial charge in [0.2, 0.25) is 11.0 Å². The molecule has 0 saturated carbocycles. The van der Waals surface area contributed by atoms with Crippen LogP contribution in [0.4, 0.5) is 9.52 Å². The summed E-state index contributed by atoms with van der Waals surface area (Å²) in [7, 11) is 0. The van der Waals surface area contributed by atoms with Crippen LogP contribution in [0.15, 0.2) is 24.3 Å². The number of benzene rings is 1. The lowest BCUT2D eigenvalue weighted by molar-refractivity contribution is -0.115. The SMILES string of the molecule is CCCCc1nnc(NC(=O)Cc2cccc(F)c2)s1. The second-order valence-electron chi connectivity index (χ2n) is 4.46. The van der Waals surface area contributed by atoms with Crippen LogP contribution in [0.2, 0.25) is 0 Å². The van der Waals surface area contributed by atoms with Gasteiger partial charge in [-0.1, -0.05) is 36.8 Å². The molecule has 2 rings (SSSR count). The van der Waals surface area contributed by atoms with E-state index < -0.39 is 0 Å². The summed E-state index contributed by atoms with van der Waals surface area (Å²) in [6, 6.07) is 6.01. The Balaban J connectivity index is 1.89. The molecule has 1 N–H and O–H groups in total. The van der Waals surface area contributed by atoms with Crippen molar-refractivity contribution in [2.75, 3.05) is 5.32 Å². The van der Waals surface area contributed by atoms with Crippen molar-refractivity contribution in [3.63, 3.8) is 0 Å². The summed E-state index contributed by atoms with van der Waals surface area (Å²) in [6.45, 7) is 2.11. The van der Waals surface area contributed by atoms with Gasteiger partial charge in [-0.3, -0.25) is 4.79 Å². The fraction of sp³-hybridized carbons (Fsp3) is 0.357. The van der Waals surface area contributed by atoms with Crippen LogP contribution >= 0.6 is 11.3 Å². The molecule has 106 valence electrons. The summed E-state index contributed by atoms with van der Waals surface area (Å²) in [5.41, 5.74) is 0.637. The Morgan fingerprint density at radius 1 is 1.40 bits per heavy atom. The minimum Gasteiger partial charge on any atom is -0.300 e. The van der Waals surface area contributed by atoms with Crippen LogP contribution in [0.1, 0.15) is 30.3 Å². The van der Waals surface area contributed by atoms with Gasteiger partial charge in [0, 0.05) is 6.42 Å². The monoisotopic (exact) mass is 293 g/mol. The zero-order chi connectivity index (χ0) is 14.4. The number of unbranched alkanes of at least 4 members (excludes halogenated alkanes) is 1. The molecular weight excluding hydrogens is 277 g/mol. The number of halogens is 1. The number of hydrogen-bond donors (Lipinski definition) is 1. The molecule has 0 aliphatic carbocycles. The maximum absolute atomic E-state index is 13.0. The minimum atomic E-state index is -0.340. The number of carbonyl (C=O) groups excluding carboxylic acids is 1. The molecule has 0 saturated heterocycles. The van der Waals surface area contributed by atoms with E-state index in [1.165, 1.54) is 23.5 Å². The van der Waals surface area contributed by atoms with E-state index in [1.54, 1.807) is 12.1 Å². The zero-order valence-corrected chi connectivity index (χ0v) is 12.0. The van der Waals surface area contributed by atoms with Crippen LogP contribution in [-0.2, 0) is 17.6 Å². The summed E-state index contributed by atoms with van der Waals surface area (Å²) < 4.78 is 13.0. The molecule has 1 aromatic heterocycles. The van der Waals surface area contributed by atoms with Crippen molar-refractivity contribution >= 4 is 22.4 Å². The molecule has 0 spiro atoms. The Morgan fingerprint density at radius 2 is 2.25 bits per heavy atom. The van der Waals surface area contributed by atoms with Crippen LogP contribution in [0, 0.1) is 5.82 Å². The summed E-state index contributed by atoms with van der Waals surface area (Å²) in [5, 5.41) is 12.1. The van der Waals surface area contributed by atoms with Crippen LogP contribution in [-0.4, -0.2) is 16.1 Å². The Labute approximate surface area is 121 Å². The van der Waals surface area contributed by atoms with Crippen molar-refractivity contribution in [1.29, 1.82) is 0 Å². The Hall–Kier alpha value is -1.82. The molecule has 1 amide bonds. The third-order valence-electron chi connectivity index (χ3n) is 2.71. The highest BCUT2D eigenvalue weighted by Crippen LogP contribution is 2.17. The number of aromatic nitrogens is 2. The number of amides is 1. The minimum absolute atomic E-state index is 0.127. The number of carbonyl (C=O) groups is 1. The Morgan fingerprint density at radius 3 is 3.00 bits per heavy atom. The number of nitrogens with one attached hydrogen (secondary N) is 1. The van der Waals surface area contributed by atoms with Gasteiger partial charge in [-0.25, -0.2) is 4.39 Å². The first-order valence-electron chi connectivity index (χ1n) is 6.54. The lowest BCUT2D eigenvalue weighted by atomic mass is 10.1. The molecule has 0 aliphatic rings. The third kappa shape index (κ3) is 4.38. The first-order chi connectivity index (χ1) is 9.67. The zero-order valence-electron chi connectivity index (χ0n) is 11.2. The smallest absolute Gasteiger partial charge is 0.230 e. The van der Waals surface area contributed by atoms with Crippen molar-refractivity contribution in [3.05, 3.63) is 40.7 Å². The maximum atomic E-state index is 13.0. The normalized spacial score (nSPS) is 10.5. The van der Waals surface area contributed by atoms with Gasteiger partial charge in [0.25, 0.3) is 0 Å². The van der Waals surface area contributed by atoms with Crippen LogP contribution in [0.3, 0.4) is 0 Å². The fourth-order valence-corrected chi connectivity index (χ4v) is 2.53. The van der Waals surface area contributed by atoms with Crippen molar-refractivity contribution in [2.24, 2.45) is 0 Å². The largest absolute Gasteiger partial charge is 0.300 e.